The van der Waals surface area contributed by atoms with Gasteiger partial charge in [-0.2, -0.15) is 0 Å². The van der Waals surface area contributed by atoms with E-state index in [0.717, 1.165) is 30.7 Å². The summed E-state index contributed by atoms with van der Waals surface area (Å²) >= 11 is 0. The van der Waals surface area contributed by atoms with Gasteiger partial charge < -0.3 is 15.4 Å². The van der Waals surface area contributed by atoms with E-state index >= 15 is 0 Å². The molecule has 3 heterocycles. The molecule has 0 aromatic heterocycles. The van der Waals surface area contributed by atoms with Crippen LogP contribution in [-0.4, -0.2) is 61.0 Å². The number of fused-ring (bicyclic) bond motifs is 5. The lowest BCUT2D eigenvalue weighted by Gasteiger charge is -2.17. The van der Waals surface area contributed by atoms with Crippen LogP contribution >= 0.6 is 0 Å². The van der Waals surface area contributed by atoms with Gasteiger partial charge in [0.05, 0.1) is 24.0 Å². The molecule has 3 aliphatic rings. The van der Waals surface area contributed by atoms with E-state index in [2.05, 4.69) is 17.6 Å². The second kappa shape index (κ2) is 6.34. The number of likely N-dealkylation sites (tertiary alicyclic amines) is 1. The van der Waals surface area contributed by atoms with Crippen molar-refractivity contribution in [1.82, 2.24) is 15.5 Å². The average molecular weight is 309 g/mol. The lowest BCUT2D eigenvalue weighted by atomic mass is 9.81. The summed E-state index contributed by atoms with van der Waals surface area (Å²) in [6, 6.07) is 0. The fourth-order valence-corrected chi connectivity index (χ4v) is 3.72. The molecule has 3 fully saturated rings. The Morgan fingerprint density at radius 2 is 1.77 bits per heavy atom. The zero-order valence-electron chi connectivity index (χ0n) is 12.8. The maximum atomic E-state index is 12.4. The van der Waals surface area contributed by atoms with Crippen LogP contribution in [0.1, 0.15) is 26.2 Å². The summed E-state index contributed by atoms with van der Waals surface area (Å²) in [5.41, 5.74) is 0. The number of carbonyl (C=O) groups is 3. The van der Waals surface area contributed by atoms with Crippen molar-refractivity contribution in [3.63, 3.8) is 0 Å². The SMILES string of the molecule is CCCNCCNC(=O)CN1C(=O)C2C3CCC(O3)C2C1=O. The monoisotopic (exact) mass is 309 g/mol. The summed E-state index contributed by atoms with van der Waals surface area (Å²) in [7, 11) is 0. The predicted octanol–water partition coefficient (Wildman–Crippen LogP) is -0.735. The third kappa shape index (κ3) is 2.63. The standard InChI is InChI=1S/C15H23N3O4/c1-2-5-16-6-7-17-11(19)8-18-14(20)12-9-3-4-10(22-9)13(12)15(18)21/h9-10,12-13,16H,2-8H2,1H3,(H,17,19). The van der Waals surface area contributed by atoms with E-state index in [-0.39, 0.29) is 48.3 Å². The smallest absolute Gasteiger partial charge is 0.240 e. The Morgan fingerprint density at radius 1 is 1.14 bits per heavy atom. The van der Waals surface area contributed by atoms with E-state index in [0.29, 0.717) is 13.1 Å². The first kappa shape index (κ1) is 15.4. The minimum atomic E-state index is -0.356. The third-order valence-electron chi connectivity index (χ3n) is 4.73. The number of carbonyl (C=O) groups excluding carboxylic acids is 3. The van der Waals surface area contributed by atoms with Crippen molar-refractivity contribution in [3.8, 4) is 0 Å². The quantitative estimate of drug-likeness (QED) is 0.478. The van der Waals surface area contributed by atoms with Crippen molar-refractivity contribution in [3.05, 3.63) is 0 Å². The predicted molar refractivity (Wildman–Crippen MR) is 77.8 cm³/mol. The summed E-state index contributed by atoms with van der Waals surface area (Å²) in [6.07, 6.45) is 2.47. The molecule has 7 heteroatoms. The number of hydrogen-bond acceptors (Lipinski definition) is 5. The summed E-state index contributed by atoms with van der Waals surface area (Å²) < 4.78 is 5.66. The molecule has 122 valence electrons. The van der Waals surface area contributed by atoms with Crippen molar-refractivity contribution in [1.29, 1.82) is 0 Å². The molecule has 22 heavy (non-hydrogen) atoms. The normalized spacial score (nSPS) is 32.7. The summed E-state index contributed by atoms with van der Waals surface area (Å²) in [5.74, 6) is -1.47. The van der Waals surface area contributed by atoms with Crippen LogP contribution in [0.3, 0.4) is 0 Å². The van der Waals surface area contributed by atoms with Gasteiger partial charge in [-0.1, -0.05) is 6.92 Å². The van der Waals surface area contributed by atoms with Gasteiger partial charge in [-0.15, -0.1) is 0 Å². The first-order valence-electron chi connectivity index (χ1n) is 8.11. The van der Waals surface area contributed by atoms with Gasteiger partial charge in [-0.3, -0.25) is 19.3 Å². The number of rotatable bonds is 7. The van der Waals surface area contributed by atoms with Gasteiger partial charge in [0.15, 0.2) is 0 Å². The molecule has 3 amide bonds. The van der Waals surface area contributed by atoms with Gasteiger partial charge in [0, 0.05) is 13.1 Å². The Hall–Kier alpha value is -1.47. The van der Waals surface area contributed by atoms with E-state index in [1.807, 2.05) is 0 Å². The first-order valence-corrected chi connectivity index (χ1v) is 8.11. The van der Waals surface area contributed by atoms with Crippen LogP contribution in [0.4, 0.5) is 0 Å². The van der Waals surface area contributed by atoms with Gasteiger partial charge in [0.1, 0.15) is 6.54 Å². The van der Waals surface area contributed by atoms with Crippen molar-refractivity contribution in [2.45, 2.75) is 38.4 Å². The van der Waals surface area contributed by atoms with E-state index in [4.69, 9.17) is 4.74 Å². The van der Waals surface area contributed by atoms with Crippen LogP contribution in [0.15, 0.2) is 0 Å². The van der Waals surface area contributed by atoms with Gasteiger partial charge in [-0.05, 0) is 25.8 Å². The summed E-state index contributed by atoms with van der Waals surface area (Å²) in [5, 5.41) is 5.91. The van der Waals surface area contributed by atoms with Gasteiger partial charge in [0.2, 0.25) is 17.7 Å². The number of amides is 3. The highest BCUT2D eigenvalue weighted by Crippen LogP contribution is 2.48. The molecule has 4 unspecified atom stereocenters. The van der Waals surface area contributed by atoms with Crippen LogP contribution in [0.25, 0.3) is 0 Å². The molecule has 0 aromatic rings. The molecule has 0 aliphatic carbocycles. The Morgan fingerprint density at radius 3 is 2.36 bits per heavy atom. The largest absolute Gasteiger partial charge is 0.373 e. The minimum absolute atomic E-state index is 0.127. The summed E-state index contributed by atoms with van der Waals surface area (Å²) in [6.45, 7) is 3.99. The second-order valence-electron chi connectivity index (χ2n) is 6.20. The highest BCUT2D eigenvalue weighted by atomic mass is 16.5. The number of imide groups is 1. The number of nitrogens with zero attached hydrogens (tertiary/aromatic N) is 1. The molecule has 3 aliphatic heterocycles. The fourth-order valence-electron chi connectivity index (χ4n) is 3.72. The van der Waals surface area contributed by atoms with Crippen molar-refractivity contribution in [2.24, 2.45) is 11.8 Å². The van der Waals surface area contributed by atoms with Crippen molar-refractivity contribution in [2.75, 3.05) is 26.2 Å². The van der Waals surface area contributed by atoms with Crippen LogP contribution < -0.4 is 10.6 Å². The van der Waals surface area contributed by atoms with E-state index in [9.17, 15) is 14.4 Å². The molecular formula is C15H23N3O4. The van der Waals surface area contributed by atoms with Gasteiger partial charge >= 0.3 is 0 Å². The number of nitrogens with one attached hydrogen (secondary N) is 2. The van der Waals surface area contributed by atoms with Gasteiger partial charge in [-0.25, -0.2) is 0 Å². The summed E-state index contributed by atoms with van der Waals surface area (Å²) in [4.78, 5) is 37.8. The number of ether oxygens (including phenoxy) is 1. The molecule has 2 bridgehead atoms. The average Bonchev–Trinajstić information content (AvgIpc) is 3.17. The van der Waals surface area contributed by atoms with Crippen LogP contribution in [0.2, 0.25) is 0 Å². The van der Waals surface area contributed by atoms with Crippen LogP contribution in [0, 0.1) is 11.8 Å². The Balaban J connectivity index is 1.50. The highest BCUT2D eigenvalue weighted by molar-refractivity contribution is 6.08. The van der Waals surface area contributed by atoms with Crippen LogP contribution in [-0.2, 0) is 19.1 Å². The minimum Gasteiger partial charge on any atom is -0.373 e. The van der Waals surface area contributed by atoms with Gasteiger partial charge in [0.25, 0.3) is 0 Å². The molecule has 7 nitrogen and oxygen atoms in total. The molecule has 0 spiro atoms. The maximum absolute atomic E-state index is 12.4. The van der Waals surface area contributed by atoms with Crippen molar-refractivity contribution < 1.29 is 19.1 Å². The maximum Gasteiger partial charge on any atom is 0.240 e. The second-order valence-corrected chi connectivity index (χ2v) is 6.20. The zero-order chi connectivity index (χ0) is 15.7. The lowest BCUT2D eigenvalue weighted by Crippen LogP contribution is -2.43. The Kier molecular flexibility index (Phi) is 4.44. The lowest BCUT2D eigenvalue weighted by molar-refractivity contribution is -0.145. The molecule has 0 radical (unpaired) electrons. The van der Waals surface area contributed by atoms with Crippen LogP contribution in [0.5, 0.6) is 0 Å². The molecule has 4 atom stereocenters. The zero-order valence-corrected chi connectivity index (χ0v) is 12.8. The molecule has 2 N–H and O–H groups in total. The number of hydrogen-bond donors (Lipinski definition) is 2. The highest BCUT2D eigenvalue weighted by Gasteiger charge is 2.62. The molecule has 3 rings (SSSR count). The molecule has 3 saturated heterocycles. The third-order valence-corrected chi connectivity index (χ3v) is 4.73. The Bertz CT molecular complexity index is 453. The van der Waals surface area contributed by atoms with Crippen molar-refractivity contribution >= 4 is 17.7 Å². The molecular weight excluding hydrogens is 286 g/mol. The fraction of sp³-hybridized carbons (Fsp3) is 0.800. The first-order chi connectivity index (χ1) is 10.6. The van der Waals surface area contributed by atoms with E-state index in [1.54, 1.807) is 0 Å². The van der Waals surface area contributed by atoms with E-state index < -0.39 is 0 Å². The van der Waals surface area contributed by atoms with E-state index in [1.165, 1.54) is 0 Å². The topological polar surface area (TPSA) is 87.7 Å². The molecule has 0 saturated carbocycles. The Labute approximate surface area is 129 Å². The molecule has 0 aromatic carbocycles.